The first-order valence-electron chi connectivity index (χ1n) is 10.9. The predicted octanol–water partition coefficient (Wildman–Crippen LogP) is 2.66. The van der Waals surface area contributed by atoms with Gasteiger partial charge in [-0.25, -0.2) is 23.1 Å². The molecule has 172 valence electrons. The summed E-state index contributed by atoms with van der Waals surface area (Å²) in [5.41, 5.74) is 10.5. The molecule has 0 spiro atoms. The molecule has 2 aliphatic rings. The fourth-order valence-electron chi connectivity index (χ4n) is 4.95. The van der Waals surface area contributed by atoms with Gasteiger partial charge in [0.05, 0.1) is 22.3 Å². The van der Waals surface area contributed by atoms with Gasteiger partial charge >= 0.3 is 11.5 Å². The summed E-state index contributed by atoms with van der Waals surface area (Å²) < 4.78 is 40.7. The number of aryl methyl sites for hydroxylation is 2. The van der Waals surface area contributed by atoms with Gasteiger partial charge in [0.25, 0.3) is 0 Å². The van der Waals surface area contributed by atoms with Crippen molar-refractivity contribution in [2.75, 3.05) is 0 Å². The zero-order chi connectivity index (χ0) is 23.9. The van der Waals surface area contributed by atoms with Crippen LogP contribution in [0.4, 0.5) is 0 Å². The van der Waals surface area contributed by atoms with Crippen LogP contribution in [0.15, 0.2) is 77.2 Å². The van der Waals surface area contributed by atoms with Gasteiger partial charge in [-0.05, 0) is 66.6 Å². The zero-order valence-electron chi connectivity index (χ0n) is 18.1. The highest BCUT2D eigenvalue weighted by molar-refractivity contribution is 6.30. The molecule has 0 N–H and O–H groups in total. The maximum atomic E-state index is 8.49. The van der Waals surface area contributed by atoms with Gasteiger partial charge in [0, 0.05) is 10.6 Å². The summed E-state index contributed by atoms with van der Waals surface area (Å²) in [6.07, 6.45) is 4.11. The molecule has 34 heavy (non-hydrogen) atoms. The van der Waals surface area contributed by atoms with Gasteiger partial charge in [-0.2, -0.15) is 0 Å². The van der Waals surface area contributed by atoms with Gasteiger partial charge in [0.1, 0.15) is 0 Å². The maximum absolute atomic E-state index is 8.49. The number of benzene rings is 3. The molecule has 7 heteroatoms. The Balaban J connectivity index is 0.000000439. The Morgan fingerprint density at radius 2 is 1.06 bits per heavy atom. The van der Waals surface area contributed by atoms with Crippen molar-refractivity contribution in [3.05, 3.63) is 100 Å². The van der Waals surface area contributed by atoms with Gasteiger partial charge in [-0.15, -0.1) is 10.2 Å². The Morgan fingerprint density at radius 3 is 1.53 bits per heavy atom. The molecule has 0 unspecified atom stereocenters. The van der Waals surface area contributed by atoms with Crippen LogP contribution in [-0.2, 0) is 25.7 Å². The predicted molar refractivity (Wildman–Crippen MR) is 119 cm³/mol. The van der Waals surface area contributed by atoms with E-state index >= 15 is 0 Å². The van der Waals surface area contributed by atoms with E-state index in [1.165, 1.54) is 44.5 Å². The average Bonchev–Trinajstić information content (AvgIpc) is 2.82. The third kappa shape index (κ3) is 4.59. The Labute approximate surface area is 204 Å². The fraction of sp³-hybridized carbons (Fsp3) is 0.148. The summed E-state index contributed by atoms with van der Waals surface area (Å²) in [5, 5.41) is 0.771. The molecule has 3 aromatic carbocycles. The lowest BCUT2D eigenvalue weighted by atomic mass is 9.79. The Bertz CT molecular complexity index is 1280. The number of hydrogen-bond acceptors (Lipinski definition) is 4. The van der Waals surface area contributed by atoms with Crippen molar-refractivity contribution in [2.45, 2.75) is 25.7 Å². The first-order chi connectivity index (χ1) is 16.3. The minimum atomic E-state index is -4.94. The Kier molecular flexibility index (Phi) is 6.16. The third-order valence-corrected chi connectivity index (χ3v) is 6.55. The maximum Gasteiger partial charge on any atom is 0.364 e. The third-order valence-electron chi connectivity index (χ3n) is 6.30. The average molecular weight is 495 g/mol. The number of halogens is 2. The Morgan fingerprint density at radius 1 is 0.618 bits per heavy atom. The van der Waals surface area contributed by atoms with Crippen LogP contribution in [-0.4, -0.2) is 0 Å². The van der Waals surface area contributed by atoms with Crippen LogP contribution in [0.2, 0.25) is 5.02 Å². The summed E-state index contributed by atoms with van der Waals surface area (Å²) in [6.45, 7) is 0. The highest BCUT2D eigenvalue weighted by Gasteiger charge is 2.37. The molecule has 0 aliphatic heterocycles. The second kappa shape index (κ2) is 9.12. The van der Waals surface area contributed by atoms with Crippen molar-refractivity contribution in [2.24, 2.45) is 0 Å². The van der Waals surface area contributed by atoms with Crippen molar-refractivity contribution in [1.29, 1.82) is 0 Å². The summed E-state index contributed by atoms with van der Waals surface area (Å²) in [7, 11) is -4.94. The second-order valence-corrected chi connectivity index (χ2v) is 9.48. The van der Waals surface area contributed by atoms with Crippen molar-refractivity contribution in [1.82, 2.24) is 0 Å². The van der Waals surface area contributed by atoms with Crippen molar-refractivity contribution < 1.29 is 33.3 Å². The largest absolute Gasteiger partial charge is 0.364 e. The van der Waals surface area contributed by atoms with Crippen molar-refractivity contribution in [3.8, 4) is 33.8 Å². The number of hydrogen-bond donors (Lipinski definition) is 0. The monoisotopic (exact) mass is 494 g/mol. The van der Waals surface area contributed by atoms with E-state index in [2.05, 4.69) is 60.7 Å². The summed E-state index contributed by atoms with van der Waals surface area (Å²) in [4.78, 5) is 0. The van der Waals surface area contributed by atoms with E-state index in [1.807, 2.05) is 12.1 Å². The summed E-state index contributed by atoms with van der Waals surface area (Å²) in [6, 6.07) is 25.6. The van der Waals surface area contributed by atoms with Crippen molar-refractivity contribution in [3.63, 3.8) is 0 Å². The second-order valence-electron chi connectivity index (χ2n) is 8.29. The van der Waals surface area contributed by atoms with Crippen LogP contribution in [0.1, 0.15) is 22.3 Å². The first-order valence-corrected chi connectivity index (χ1v) is 12.5. The molecule has 0 amide bonds. The summed E-state index contributed by atoms with van der Waals surface area (Å²) in [5.74, 6) is 2.07. The van der Waals surface area contributed by atoms with E-state index < -0.39 is 10.2 Å². The van der Waals surface area contributed by atoms with Gasteiger partial charge in [0.2, 0.25) is 0 Å². The zero-order valence-corrected chi connectivity index (χ0v) is 19.6. The fourth-order valence-corrected chi connectivity index (χ4v) is 5.08. The van der Waals surface area contributed by atoms with Crippen LogP contribution in [0.5, 0.6) is 0 Å². The molecule has 2 aliphatic carbocycles. The molecule has 0 radical (unpaired) electrons. The first kappa shape index (κ1) is 23.0. The molecule has 5 nitrogen and oxygen atoms in total. The van der Waals surface area contributed by atoms with Crippen molar-refractivity contribution >= 4 is 11.6 Å². The van der Waals surface area contributed by atoms with Gasteiger partial charge in [-0.3, -0.25) is 0 Å². The van der Waals surface area contributed by atoms with Crippen LogP contribution in [0.3, 0.4) is 0 Å². The van der Waals surface area contributed by atoms with E-state index in [4.69, 9.17) is 34.7 Å². The molecule has 0 fully saturated rings. The van der Waals surface area contributed by atoms with E-state index in [0.717, 1.165) is 42.2 Å². The molecule has 0 atom stereocenters. The number of rotatable bonds is 1. The van der Waals surface area contributed by atoms with E-state index in [-0.39, 0.29) is 0 Å². The van der Waals surface area contributed by atoms with Gasteiger partial charge in [-0.1, -0.05) is 60.1 Å². The molecular formula is C27H20Cl2O5. The van der Waals surface area contributed by atoms with E-state index in [0.29, 0.717) is 0 Å². The lowest BCUT2D eigenvalue weighted by Gasteiger charge is -2.22. The lowest BCUT2D eigenvalue weighted by Crippen LogP contribution is -2.68. The van der Waals surface area contributed by atoms with Crippen LogP contribution in [0, 0.1) is 10.2 Å². The molecule has 0 saturated heterocycles. The Hall–Kier alpha value is -2.77. The highest BCUT2D eigenvalue weighted by atomic mass is 35.7. The molecule has 0 bridgehead atoms. The standard InChI is InChI=1S/C27H20ClO.ClHO4/c28-20-13-9-19(10-14-20)25-23-15-11-17-5-1-3-7-21(17)26(23)29-27-22-8-4-2-6-18(22)12-16-24(25)27;2-1(3,4)5/h1-10,13-14H,11-12,15-16H2;(H,2,3,4,5)/q+1;/p-1. The minimum Gasteiger partial charge on any atom is -0.222 e. The quantitative estimate of drug-likeness (QED) is 0.378. The molecular weight excluding hydrogens is 475 g/mol. The highest BCUT2D eigenvalue weighted by Crippen LogP contribution is 2.47. The van der Waals surface area contributed by atoms with E-state index in [9.17, 15) is 0 Å². The molecule has 1 aromatic heterocycles. The SMILES string of the molecule is Clc1ccc(-c2c3c([o+]c4c2CCc2ccccc2-4)-c2ccccc2CC3)cc1.[O-][Cl+3]([O-])([O-])[O-]. The van der Waals surface area contributed by atoms with E-state index in [1.54, 1.807) is 0 Å². The van der Waals surface area contributed by atoms with Crippen LogP contribution in [0.25, 0.3) is 33.8 Å². The number of fused-ring (bicyclic) bond motifs is 6. The normalized spacial score (nSPS) is 13.6. The molecule has 1 heterocycles. The summed E-state index contributed by atoms with van der Waals surface area (Å²) >= 11 is 6.20. The molecule has 0 saturated carbocycles. The van der Waals surface area contributed by atoms with Crippen LogP contribution >= 0.6 is 11.6 Å². The van der Waals surface area contributed by atoms with Gasteiger partial charge < -0.3 is 0 Å². The van der Waals surface area contributed by atoms with Crippen LogP contribution < -0.4 is 18.6 Å². The molecule has 6 rings (SSSR count). The topological polar surface area (TPSA) is 104 Å². The van der Waals surface area contributed by atoms with Gasteiger partial charge in [0.15, 0.2) is 0 Å². The molecule has 4 aromatic rings. The lowest BCUT2D eigenvalue weighted by molar-refractivity contribution is -2.00. The smallest absolute Gasteiger partial charge is 0.222 e. The minimum absolute atomic E-state index is 0.771.